The Morgan fingerprint density at radius 1 is 1.33 bits per heavy atom. The van der Waals surface area contributed by atoms with E-state index in [0.717, 1.165) is 10.4 Å². The third-order valence-corrected chi connectivity index (χ3v) is 5.23. The van der Waals surface area contributed by atoms with Crippen LogP contribution in [0, 0.1) is 5.82 Å². The Morgan fingerprint density at radius 2 is 1.94 bits per heavy atom. The molecule has 0 saturated carbocycles. The average molecular weight is 335 g/mol. The summed E-state index contributed by atoms with van der Waals surface area (Å²) < 4.78 is 38.8. The monoisotopic (exact) mass is 333 g/mol. The van der Waals surface area contributed by atoms with Crippen molar-refractivity contribution in [3.05, 3.63) is 28.0 Å². The summed E-state index contributed by atoms with van der Waals surface area (Å²) in [4.78, 5) is -0.303. The molecule has 0 aliphatic carbocycles. The Morgan fingerprint density at radius 3 is 2.50 bits per heavy atom. The van der Waals surface area contributed by atoms with E-state index in [0.29, 0.717) is 12.3 Å². The van der Waals surface area contributed by atoms with Crippen molar-refractivity contribution in [1.82, 2.24) is 4.31 Å². The third kappa shape index (κ3) is 3.27. The Balaban J connectivity index is 3.17. The lowest BCUT2D eigenvalue weighted by Gasteiger charge is -2.17. The van der Waals surface area contributed by atoms with Crippen LogP contribution in [0.2, 0.25) is 10.0 Å². The number of rotatable bonds is 5. The molecule has 0 atom stereocenters. The van der Waals surface area contributed by atoms with Crippen molar-refractivity contribution in [2.24, 2.45) is 0 Å². The molecule has 102 valence electrons. The van der Waals surface area contributed by atoms with Crippen molar-refractivity contribution in [2.75, 3.05) is 19.5 Å². The van der Waals surface area contributed by atoms with Crippen LogP contribution >= 0.6 is 34.8 Å². The molecule has 0 fully saturated rings. The Kier molecular flexibility index (Phi) is 5.67. The topological polar surface area (TPSA) is 37.4 Å². The molecule has 1 aromatic carbocycles. The number of halogens is 4. The van der Waals surface area contributed by atoms with Gasteiger partial charge in [0.05, 0.1) is 10.0 Å². The molecule has 0 radical (unpaired) electrons. The molecule has 0 saturated heterocycles. The van der Waals surface area contributed by atoms with Gasteiger partial charge in [-0.2, -0.15) is 0 Å². The van der Waals surface area contributed by atoms with Gasteiger partial charge in [0.2, 0.25) is 10.0 Å². The zero-order valence-electron chi connectivity index (χ0n) is 9.46. The van der Waals surface area contributed by atoms with Crippen LogP contribution in [0.1, 0.15) is 6.42 Å². The van der Waals surface area contributed by atoms with Gasteiger partial charge in [0.15, 0.2) is 5.82 Å². The van der Waals surface area contributed by atoms with Crippen LogP contribution in [0.5, 0.6) is 0 Å². The molecule has 0 heterocycles. The predicted molar refractivity (Wildman–Crippen MR) is 71.6 cm³/mol. The van der Waals surface area contributed by atoms with Crippen molar-refractivity contribution in [3.63, 3.8) is 0 Å². The number of hydrogen-bond donors (Lipinski definition) is 0. The lowest BCUT2D eigenvalue weighted by atomic mass is 10.3. The quantitative estimate of drug-likeness (QED) is 0.611. The maximum atomic E-state index is 13.5. The average Bonchev–Trinajstić information content (AvgIpc) is 2.32. The van der Waals surface area contributed by atoms with E-state index in [4.69, 9.17) is 34.8 Å². The fourth-order valence-electron chi connectivity index (χ4n) is 1.28. The molecule has 0 N–H and O–H groups in total. The minimum Gasteiger partial charge on any atom is -0.207 e. The summed E-state index contributed by atoms with van der Waals surface area (Å²) in [5, 5.41) is -0.720. The van der Waals surface area contributed by atoms with Crippen LogP contribution in [0.3, 0.4) is 0 Å². The number of benzene rings is 1. The summed E-state index contributed by atoms with van der Waals surface area (Å²) in [6, 6.07) is 2.34. The molecule has 0 aliphatic rings. The van der Waals surface area contributed by atoms with Gasteiger partial charge < -0.3 is 0 Å². The lowest BCUT2D eigenvalue weighted by molar-refractivity contribution is 0.468. The summed E-state index contributed by atoms with van der Waals surface area (Å²) in [7, 11) is -2.46. The molecule has 8 heteroatoms. The van der Waals surface area contributed by atoms with Gasteiger partial charge in [-0.05, 0) is 18.6 Å². The van der Waals surface area contributed by atoms with E-state index in [1.807, 2.05) is 0 Å². The van der Waals surface area contributed by atoms with Gasteiger partial charge >= 0.3 is 0 Å². The van der Waals surface area contributed by atoms with E-state index >= 15 is 0 Å². The summed E-state index contributed by atoms with van der Waals surface area (Å²) in [6.45, 7) is 0.229. The highest BCUT2D eigenvalue weighted by Crippen LogP contribution is 2.30. The third-order valence-electron chi connectivity index (χ3n) is 2.29. The molecule has 0 aliphatic heterocycles. The summed E-state index contributed by atoms with van der Waals surface area (Å²) in [6.07, 6.45) is 0.491. The summed E-state index contributed by atoms with van der Waals surface area (Å²) >= 11 is 16.7. The SMILES string of the molecule is CN(CCCCl)S(=O)(=O)c1ccc(Cl)c(F)c1Cl. The van der Waals surface area contributed by atoms with E-state index < -0.39 is 20.9 Å². The number of nitrogens with zero attached hydrogens (tertiary/aromatic N) is 1. The van der Waals surface area contributed by atoms with E-state index in [1.54, 1.807) is 0 Å². The molecular weight excluding hydrogens is 324 g/mol. The van der Waals surface area contributed by atoms with E-state index in [9.17, 15) is 12.8 Å². The fourth-order valence-corrected chi connectivity index (χ4v) is 3.32. The first-order valence-electron chi connectivity index (χ1n) is 4.98. The minimum atomic E-state index is -3.84. The number of sulfonamides is 1. The van der Waals surface area contributed by atoms with Crippen molar-refractivity contribution in [2.45, 2.75) is 11.3 Å². The summed E-state index contributed by atoms with van der Waals surface area (Å²) in [5.41, 5.74) is 0. The summed E-state index contributed by atoms with van der Waals surface area (Å²) in [5.74, 6) is -0.604. The Hall–Kier alpha value is -0.0700. The van der Waals surface area contributed by atoms with Gasteiger partial charge in [-0.3, -0.25) is 0 Å². The van der Waals surface area contributed by atoms with Crippen LogP contribution in [-0.4, -0.2) is 32.2 Å². The van der Waals surface area contributed by atoms with Crippen molar-refractivity contribution in [3.8, 4) is 0 Å². The standard InChI is InChI=1S/C10H11Cl3FNO2S/c1-15(6-2-5-11)18(16,17)8-4-3-7(12)10(14)9(8)13/h3-4H,2,5-6H2,1H3. The van der Waals surface area contributed by atoms with E-state index in [-0.39, 0.29) is 16.5 Å². The van der Waals surface area contributed by atoms with E-state index in [1.165, 1.54) is 13.1 Å². The second-order valence-corrected chi connectivity index (χ2v) is 6.72. The fraction of sp³-hybridized carbons (Fsp3) is 0.400. The largest absolute Gasteiger partial charge is 0.244 e. The van der Waals surface area contributed by atoms with Crippen molar-refractivity contribution in [1.29, 1.82) is 0 Å². The predicted octanol–water partition coefficient (Wildman–Crippen LogP) is 3.38. The second-order valence-electron chi connectivity index (χ2n) is 3.54. The normalized spacial score (nSPS) is 12.1. The molecule has 18 heavy (non-hydrogen) atoms. The van der Waals surface area contributed by atoms with Crippen LogP contribution in [0.4, 0.5) is 4.39 Å². The molecule has 0 aromatic heterocycles. The van der Waals surface area contributed by atoms with Crippen molar-refractivity contribution >= 4 is 44.8 Å². The molecule has 1 rings (SSSR count). The molecular formula is C10H11Cl3FNO2S. The van der Waals surface area contributed by atoms with Gasteiger partial charge in [0, 0.05) is 19.5 Å². The van der Waals surface area contributed by atoms with Crippen LogP contribution in [0.25, 0.3) is 0 Å². The molecule has 0 spiro atoms. The zero-order chi connectivity index (χ0) is 13.9. The van der Waals surface area contributed by atoms with Crippen molar-refractivity contribution < 1.29 is 12.8 Å². The van der Waals surface area contributed by atoms with Crippen LogP contribution in [0.15, 0.2) is 17.0 Å². The number of alkyl halides is 1. The first-order chi connectivity index (χ1) is 8.32. The van der Waals surface area contributed by atoms with Gasteiger partial charge in [0.1, 0.15) is 4.90 Å². The highest BCUT2D eigenvalue weighted by atomic mass is 35.5. The van der Waals surface area contributed by atoms with Gasteiger partial charge in [0.25, 0.3) is 0 Å². The molecule has 1 aromatic rings. The highest BCUT2D eigenvalue weighted by molar-refractivity contribution is 7.89. The second kappa shape index (κ2) is 6.39. The lowest BCUT2D eigenvalue weighted by Crippen LogP contribution is -2.28. The number of hydrogen-bond acceptors (Lipinski definition) is 2. The highest BCUT2D eigenvalue weighted by Gasteiger charge is 2.25. The molecule has 3 nitrogen and oxygen atoms in total. The van der Waals surface area contributed by atoms with Gasteiger partial charge in [-0.15, -0.1) is 11.6 Å². The Bertz CT molecular complexity index is 536. The van der Waals surface area contributed by atoms with E-state index in [2.05, 4.69) is 0 Å². The Labute approximate surface area is 120 Å². The first kappa shape index (κ1) is 16.0. The molecule has 0 amide bonds. The smallest absolute Gasteiger partial charge is 0.207 e. The van der Waals surface area contributed by atoms with Gasteiger partial charge in [-0.1, -0.05) is 23.2 Å². The van der Waals surface area contributed by atoms with Gasteiger partial charge in [-0.25, -0.2) is 17.1 Å². The maximum absolute atomic E-state index is 13.5. The maximum Gasteiger partial charge on any atom is 0.244 e. The van der Waals surface area contributed by atoms with Crippen LogP contribution < -0.4 is 0 Å². The molecule has 0 unspecified atom stereocenters. The zero-order valence-corrected chi connectivity index (χ0v) is 12.5. The minimum absolute atomic E-state index is 0.220. The van der Waals surface area contributed by atoms with Crippen LogP contribution in [-0.2, 0) is 10.0 Å². The first-order valence-corrected chi connectivity index (χ1v) is 7.71. The molecule has 0 bridgehead atoms.